The zero-order chi connectivity index (χ0) is 14.5. The lowest BCUT2D eigenvalue weighted by Gasteiger charge is -2.07. The van der Waals surface area contributed by atoms with Crippen LogP contribution in [0.4, 0.5) is 0 Å². The summed E-state index contributed by atoms with van der Waals surface area (Å²) in [5, 5.41) is 8.14. The van der Waals surface area contributed by atoms with E-state index in [2.05, 4.69) is 22.3 Å². The lowest BCUT2D eigenvalue weighted by Crippen LogP contribution is -2.12. The van der Waals surface area contributed by atoms with Gasteiger partial charge in [-0.25, -0.2) is 0 Å². The molecule has 0 aliphatic heterocycles. The summed E-state index contributed by atoms with van der Waals surface area (Å²) in [7, 11) is 1.86. The predicted octanol–water partition coefficient (Wildman–Crippen LogP) is 2.47. The third-order valence-electron chi connectivity index (χ3n) is 2.99. The summed E-state index contributed by atoms with van der Waals surface area (Å²) < 4.78 is 7.44. The summed E-state index contributed by atoms with van der Waals surface area (Å²) in [6.45, 7) is 6.02. The molecule has 5 nitrogen and oxygen atoms in total. The second-order valence-corrected chi connectivity index (χ2v) is 4.90. The molecule has 20 heavy (non-hydrogen) atoms. The van der Waals surface area contributed by atoms with Gasteiger partial charge in [0.05, 0.1) is 28.3 Å². The maximum atomic E-state index is 6.18. The molecule has 2 heterocycles. The fourth-order valence-corrected chi connectivity index (χ4v) is 2.06. The molecule has 0 amide bonds. The quantitative estimate of drug-likeness (QED) is 0.889. The normalized spacial score (nSPS) is 10.8. The van der Waals surface area contributed by atoms with Crippen molar-refractivity contribution in [1.29, 1.82) is 0 Å². The number of hydrogen-bond donors (Lipinski definition) is 1. The minimum Gasteiger partial charge on any atom is -0.486 e. The van der Waals surface area contributed by atoms with E-state index in [1.807, 2.05) is 26.1 Å². The number of pyridine rings is 1. The average Bonchev–Trinajstić information content (AvgIpc) is 2.69. The van der Waals surface area contributed by atoms with Gasteiger partial charge < -0.3 is 10.1 Å². The molecule has 2 aromatic heterocycles. The highest BCUT2D eigenvalue weighted by Crippen LogP contribution is 2.21. The minimum atomic E-state index is 0.379. The van der Waals surface area contributed by atoms with Crippen LogP contribution in [0.5, 0.6) is 5.75 Å². The maximum absolute atomic E-state index is 6.18. The highest BCUT2D eigenvalue weighted by atomic mass is 35.5. The van der Waals surface area contributed by atoms with E-state index in [9.17, 15) is 0 Å². The highest BCUT2D eigenvalue weighted by molar-refractivity contribution is 6.31. The Morgan fingerprint density at radius 3 is 2.75 bits per heavy atom. The molecule has 0 unspecified atom stereocenters. The Morgan fingerprint density at radius 2 is 2.20 bits per heavy atom. The van der Waals surface area contributed by atoms with Gasteiger partial charge in [-0.1, -0.05) is 18.5 Å². The first-order valence-corrected chi connectivity index (χ1v) is 6.96. The molecule has 2 aromatic rings. The van der Waals surface area contributed by atoms with Crippen LogP contribution in [0.1, 0.15) is 24.0 Å². The number of nitrogens with zero attached hydrogens (tertiary/aromatic N) is 3. The van der Waals surface area contributed by atoms with Gasteiger partial charge in [-0.15, -0.1) is 0 Å². The van der Waals surface area contributed by atoms with Gasteiger partial charge in [0.2, 0.25) is 0 Å². The fourth-order valence-electron chi connectivity index (χ4n) is 1.84. The Kier molecular flexibility index (Phi) is 4.98. The summed E-state index contributed by atoms with van der Waals surface area (Å²) in [5.74, 6) is 0.722. The molecule has 0 bridgehead atoms. The minimum absolute atomic E-state index is 0.379. The van der Waals surface area contributed by atoms with Crippen LogP contribution in [-0.2, 0) is 20.2 Å². The second-order valence-electron chi connectivity index (χ2n) is 4.52. The van der Waals surface area contributed by atoms with Crippen molar-refractivity contribution in [3.05, 3.63) is 40.4 Å². The number of halogens is 1. The first kappa shape index (κ1) is 14.8. The summed E-state index contributed by atoms with van der Waals surface area (Å²) in [4.78, 5) is 4.34. The predicted molar refractivity (Wildman–Crippen MR) is 78.9 cm³/mol. The van der Waals surface area contributed by atoms with Crippen molar-refractivity contribution in [2.75, 3.05) is 6.54 Å². The van der Waals surface area contributed by atoms with Gasteiger partial charge in [0.15, 0.2) is 0 Å². The van der Waals surface area contributed by atoms with Crippen LogP contribution in [0.25, 0.3) is 0 Å². The molecule has 0 aliphatic carbocycles. The van der Waals surface area contributed by atoms with Crippen LogP contribution in [0, 0.1) is 6.92 Å². The number of hydrogen-bond acceptors (Lipinski definition) is 4. The SMILES string of the molecule is CCNCc1ccc(OCc2c(Cl)c(C)nn2C)cn1. The van der Waals surface area contributed by atoms with Gasteiger partial charge in [-0.3, -0.25) is 9.67 Å². The highest BCUT2D eigenvalue weighted by Gasteiger charge is 2.11. The molecule has 0 atom stereocenters. The van der Waals surface area contributed by atoms with Crippen molar-refractivity contribution in [3.63, 3.8) is 0 Å². The molecule has 1 N–H and O–H groups in total. The molecule has 0 saturated carbocycles. The van der Waals surface area contributed by atoms with Crippen LogP contribution >= 0.6 is 11.6 Å². The number of nitrogens with one attached hydrogen (secondary N) is 1. The Hall–Kier alpha value is -1.59. The zero-order valence-corrected chi connectivity index (χ0v) is 12.7. The van der Waals surface area contributed by atoms with Crippen molar-refractivity contribution < 1.29 is 4.74 Å². The molecular formula is C14H19ClN4O. The van der Waals surface area contributed by atoms with Crippen molar-refractivity contribution in [1.82, 2.24) is 20.1 Å². The van der Waals surface area contributed by atoms with Gasteiger partial charge in [-0.2, -0.15) is 5.10 Å². The van der Waals surface area contributed by atoms with Crippen LogP contribution in [-0.4, -0.2) is 21.3 Å². The van der Waals surface area contributed by atoms with Crippen LogP contribution in [0.3, 0.4) is 0 Å². The third-order valence-corrected chi connectivity index (χ3v) is 3.48. The first-order valence-electron chi connectivity index (χ1n) is 6.58. The fraction of sp³-hybridized carbons (Fsp3) is 0.429. The Bertz CT molecular complexity index is 565. The van der Waals surface area contributed by atoms with Crippen molar-refractivity contribution >= 4 is 11.6 Å². The largest absolute Gasteiger partial charge is 0.486 e. The van der Waals surface area contributed by atoms with Crippen molar-refractivity contribution in [2.45, 2.75) is 27.0 Å². The number of aryl methyl sites for hydroxylation is 2. The van der Waals surface area contributed by atoms with E-state index in [0.29, 0.717) is 11.6 Å². The van der Waals surface area contributed by atoms with E-state index < -0.39 is 0 Å². The molecule has 0 radical (unpaired) electrons. The van der Waals surface area contributed by atoms with Gasteiger partial charge >= 0.3 is 0 Å². The molecule has 0 aromatic carbocycles. The van der Waals surface area contributed by atoms with E-state index in [0.717, 1.165) is 35.9 Å². The van der Waals surface area contributed by atoms with Crippen LogP contribution in [0.15, 0.2) is 18.3 Å². The van der Waals surface area contributed by atoms with E-state index in [-0.39, 0.29) is 0 Å². The van der Waals surface area contributed by atoms with E-state index >= 15 is 0 Å². The molecule has 0 fully saturated rings. The summed E-state index contributed by atoms with van der Waals surface area (Å²) in [5.41, 5.74) is 2.67. The number of ether oxygens (including phenoxy) is 1. The number of rotatable bonds is 6. The zero-order valence-electron chi connectivity index (χ0n) is 12.0. The van der Waals surface area contributed by atoms with Crippen LogP contribution < -0.4 is 10.1 Å². The smallest absolute Gasteiger partial charge is 0.138 e. The standard InChI is InChI=1S/C14H19ClN4O/c1-4-16-7-11-5-6-12(8-17-11)20-9-13-14(15)10(2)18-19(13)3/h5-6,8,16H,4,7,9H2,1-3H3. The Labute approximate surface area is 123 Å². The van der Waals surface area contributed by atoms with Gasteiger partial charge in [0.1, 0.15) is 12.4 Å². The van der Waals surface area contributed by atoms with Crippen molar-refractivity contribution in [2.24, 2.45) is 7.05 Å². The molecule has 108 valence electrons. The van der Waals surface area contributed by atoms with E-state index in [1.165, 1.54) is 0 Å². The second kappa shape index (κ2) is 6.72. The Balaban J connectivity index is 1.97. The average molecular weight is 295 g/mol. The molecule has 6 heteroatoms. The van der Waals surface area contributed by atoms with Crippen molar-refractivity contribution in [3.8, 4) is 5.75 Å². The van der Waals surface area contributed by atoms with Gasteiger partial charge in [0, 0.05) is 13.6 Å². The number of aromatic nitrogens is 3. The summed E-state index contributed by atoms with van der Waals surface area (Å²) in [6, 6.07) is 3.87. The lowest BCUT2D eigenvalue weighted by atomic mass is 10.3. The van der Waals surface area contributed by atoms with Gasteiger partial charge in [0.25, 0.3) is 0 Å². The molecule has 0 spiro atoms. The summed E-state index contributed by atoms with van der Waals surface area (Å²) >= 11 is 6.18. The maximum Gasteiger partial charge on any atom is 0.138 e. The van der Waals surface area contributed by atoms with Gasteiger partial charge in [-0.05, 0) is 25.6 Å². The molecule has 2 rings (SSSR count). The summed E-state index contributed by atoms with van der Waals surface area (Å²) in [6.07, 6.45) is 1.73. The third kappa shape index (κ3) is 3.49. The molecular weight excluding hydrogens is 276 g/mol. The monoisotopic (exact) mass is 294 g/mol. The lowest BCUT2D eigenvalue weighted by molar-refractivity contribution is 0.293. The molecule has 0 aliphatic rings. The van der Waals surface area contributed by atoms with E-state index in [4.69, 9.17) is 16.3 Å². The topological polar surface area (TPSA) is 52.0 Å². The van der Waals surface area contributed by atoms with Crippen LogP contribution in [0.2, 0.25) is 5.02 Å². The first-order chi connectivity index (χ1) is 9.61. The Morgan fingerprint density at radius 1 is 1.40 bits per heavy atom. The van der Waals surface area contributed by atoms with E-state index in [1.54, 1.807) is 10.9 Å². The molecule has 0 saturated heterocycles.